The van der Waals surface area contributed by atoms with Crippen LogP contribution >= 0.6 is 43.2 Å². The van der Waals surface area contributed by atoms with E-state index in [1.807, 2.05) is 6.07 Å². The molecule has 2 aromatic rings. The molecule has 0 saturated carbocycles. The molecular weight excluding hydrogens is 418 g/mol. The van der Waals surface area contributed by atoms with Gasteiger partial charge in [0, 0.05) is 18.0 Å². The van der Waals surface area contributed by atoms with Gasteiger partial charge in [0.05, 0.1) is 15.7 Å². The van der Waals surface area contributed by atoms with Crippen molar-refractivity contribution in [2.75, 3.05) is 11.9 Å². The fourth-order valence-electron chi connectivity index (χ4n) is 1.87. The predicted octanol–water partition coefficient (Wildman–Crippen LogP) is 4.14. The molecule has 2 rings (SSSR count). The Morgan fingerprint density at radius 2 is 2.14 bits per heavy atom. The van der Waals surface area contributed by atoms with E-state index in [1.54, 1.807) is 17.5 Å². The van der Waals surface area contributed by atoms with Crippen LogP contribution in [-0.4, -0.2) is 16.3 Å². The fraction of sp³-hybridized carbons (Fsp3) is 0.429. The third kappa shape index (κ3) is 4.66. The van der Waals surface area contributed by atoms with Crippen LogP contribution in [0.5, 0.6) is 0 Å². The Balaban J connectivity index is 2.00. The third-order valence-corrected chi connectivity index (χ3v) is 5.29. The van der Waals surface area contributed by atoms with Gasteiger partial charge in [-0.1, -0.05) is 13.8 Å². The maximum atomic E-state index is 12.2. The van der Waals surface area contributed by atoms with E-state index < -0.39 is 0 Å². The summed E-state index contributed by atoms with van der Waals surface area (Å²) >= 11 is 8.55. The average molecular weight is 435 g/mol. The minimum absolute atomic E-state index is 0.0902. The number of hydrogen-bond acceptors (Lipinski definition) is 4. The van der Waals surface area contributed by atoms with Gasteiger partial charge in [-0.15, -0.1) is 11.3 Å². The van der Waals surface area contributed by atoms with Crippen LogP contribution < -0.4 is 10.9 Å². The van der Waals surface area contributed by atoms with Gasteiger partial charge in [0.25, 0.3) is 5.56 Å². The summed E-state index contributed by atoms with van der Waals surface area (Å²) in [5.74, 6) is 0.387. The van der Waals surface area contributed by atoms with Crippen LogP contribution in [0.15, 0.2) is 31.4 Å². The number of nitrogens with one attached hydrogen (secondary N) is 1. The SMILES string of the molecule is CC(C)Cn1ncc(NCCc2ccc(Br)s2)c(Br)c1=O. The number of aromatic nitrogens is 2. The molecule has 0 aliphatic carbocycles. The molecule has 0 aliphatic rings. The van der Waals surface area contributed by atoms with Gasteiger partial charge < -0.3 is 5.32 Å². The summed E-state index contributed by atoms with van der Waals surface area (Å²) in [6.07, 6.45) is 2.62. The zero-order chi connectivity index (χ0) is 15.4. The molecule has 4 nitrogen and oxygen atoms in total. The molecule has 0 bridgehead atoms. The number of hydrogen-bond donors (Lipinski definition) is 1. The lowest BCUT2D eigenvalue weighted by molar-refractivity contribution is 0.462. The van der Waals surface area contributed by atoms with Gasteiger partial charge >= 0.3 is 0 Å². The first-order chi connectivity index (χ1) is 9.97. The molecule has 0 aliphatic heterocycles. The lowest BCUT2D eigenvalue weighted by Gasteiger charge is -2.11. The van der Waals surface area contributed by atoms with E-state index in [2.05, 4.69) is 62.2 Å². The van der Waals surface area contributed by atoms with Crippen molar-refractivity contribution < 1.29 is 0 Å². The highest BCUT2D eigenvalue weighted by molar-refractivity contribution is 9.11. The highest BCUT2D eigenvalue weighted by atomic mass is 79.9. The molecule has 0 radical (unpaired) electrons. The molecule has 0 saturated heterocycles. The molecule has 114 valence electrons. The Hall–Kier alpha value is -0.660. The molecule has 0 aromatic carbocycles. The van der Waals surface area contributed by atoms with Crippen molar-refractivity contribution in [2.24, 2.45) is 5.92 Å². The Kier molecular flexibility index (Phi) is 6.01. The largest absolute Gasteiger partial charge is 0.382 e. The fourth-order valence-corrected chi connectivity index (χ4v) is 3.80. The first-order valence-corrected chi connectivity index (χ1v) is 9.11. The van der Waals surface area contributed by atoms with Crippen molar-refractivity contribution in [3.63, 3.8) is 0 Å². The number of anilines is 1. The highest BCUT2D eigenvalue weighted by Crippen LogP contribution is 2.23. The maximum Gasteiger partial charge on any atom is 0.283 e. The molecule has 1 N–H and O–H groups in total. The van der Waals surface area contributed by atoms with Crippen molar-refractivity contribution in [1.29, 1.82) is 0 Å². The molecule has 7 heteroatoms. The van der Waals surface area contributed by atoms with Gasteiger partial charge in [-0.05, 0) is 56.3 Å². The number of thiophene rings is 1. The van der Waals surface area contributed by atoms with Gasteiger partial charge in [-0.25, -0.2) is 4.68 Å². The van der Waals surface area contributed by atoms with Crippen molar-refractivity contribution in [3.05, 3.63) is 41.8 Å². The lowest BCUT2D eigenvalue weighted by atomic mass is 10.2. The van der Waals surface area contributed by atoms with Gasteiger partial charge in [-0.3, -0.25) is 4.79 Å². The second kappa shape index (κ2) is 7.56. The number of halogens is 2. The van der Waals surface area contributed by atoms with E-state index in [9.17, 15) is 4.79 Å². The summed E-state index contributed by atoms with van der Waals surface area (Å²) in [5.41, 5.74) is 0.656. The van der Waals surface area contributed by atoms with Crippen molar-refractivity contribution >= 4 is 48.9 Å². The molecule has 0 amide bonds. The normalized spacial score (nSPS) is 11.1. The summed E-state index contributed by atoms with van der Waals surface area (Å²) in [7, 11) is 0. The first-order valence-electron chi connectivity index (χ1n) is 6.71. The Bertz CT molecular complexity index is 666. The van der Waals surface area contributed by atoms with Gasteiger partial charge in [-0.2, -0.15) is 5.10 Å². The van der Waals surface area contributed by atoms with E-state index in [4.69, 9.17) is 0 Å². The second-order valence-corrected chi connectivity index (χ2v) is 8.48. The minimum Gasteiger partial charge on any atom is -0.382 e. The van der Waals surface area contributed by atoms with Gasteiger partial charge in [0.1, 0.15) is 4.47 Å². The van der Waals surface area contributed by atoms with Crippen LogP contribution in [-0.2, 0) is 13.0 Å². The van der Waals surface area contributed by atoms with Crippen molar-refractivity contribution in [2.45, 2.75) is 26.8 Å². The lowest BCUT2D eigenvalue weighted by Crippen LogP contribution is -2.26. The van der Waals surface area contributed by atoms with Crippen LogP contribution in [0.2, 0.25) is 0 Å². The quantitative estimate of drug-likeness (QED) is 0.742. The summed E-state index contributed by atoms with van der Waals surface area (Å²) in [4.78, 5) is 13.5. The van der Waals surface area contributed by atoms with Crippen LogP contribution in [0.1, 0.15) is 18.7 Å². The van der Waals surface area contributed by atoms with E-state index in [1.165, 1.54) is 9.56 Å². The molecule has 2 heterocycles. The molecule has 0 fully saturated rings. The monoisotopic (exact) mass is 433 g/mol. The molecular formula is C14H17Br2N3OS. The van der Waals surface area contributed by atoms with E-state index in [0.717, 1.165) is 22.4 Å². The van der Waals surface area contributed by atoms with Crippen molar-refractivity contribution in [1.82, 2.24) is 9.78 Å². The zero-order valence-corrected chi connectivity index (χ0v) is 15.9. The summed E-state index contributed by atoms with van der Waals surface area (Å²) in [6.45, 7) is 5.52. The average Bonchev–Trinajstić information content (AvgIpc) is 2.83. The third-order valence-electron chi connectivity index (χ3n) is 2.84. The van der Waals surface area contributed by atoms with E-state index in [0.29, 0.717) is 16.9 Å². The van der Waals surface area contributed by atoms with Crippen LogP contribution in [0.25, 0.3) is 0 Å². The van der Waals surface area contributed by atoms with Gasteiger partial charge in [0.15, 0.2) is 0 Å². The molecule has 0 spiro atoms. The predicted molar refractivity (Wildman–Crippen MR) is 95.2 cm³/mol. The summed E-state index contributed by atoms with van der Waals surface area (Å²) in [5, 5.41) is 7.48. The topological polar surface area (TPSA) is 46.9 Å². The van der Waals surface area contributed by atoms with Crippen LogP contribution in [0, 0.1) is 5.92 Å². The smallest absolute Gasteiger partial charge is 0.283 e. The van der Waals surface area contributed by atoms with Crippen molar-refractivity contribution in [3.8, 4) is 0 Å². The summed E-state index contributed by atoms with van der Waals surface area (Å²) in [6, 6.07) is 4.15. The Labute approximate surface area is 144 Å². The van der Waals surface area contributed by atoms with Crippen LogP contribution in [0.3, 0.4) is 0 Å². The number of rotatable bonds is 6. The molecule has 21 heavy (non-hydrogen) atoms. The maximum absolute atomic E-state index is 12.2. The van der Waals surface area contributed by atoms with E-state index >= 15 is 0 Å². The Morgan fingerprint density at radius 1 is 1.38 bits per heavy atom. The molecule has 0 unspecified atom stereocenters. The standard InChI is InChI=1S/C14H17Br2N3OS/c1-9(2)8-19-14(20)13(16)11(7-18-19)17-6-5-10-3-4-12(15)21-10/h3-4,7,9,17H,5-6,8H2,1-2H3. The number of nitrogens with zero attached hydrogens (tertiary/aromatic N) is 2. The summed E-state index contributed by atoms with van der Waals surface area (Å²) < 4.78 is 3.18. The second-order valence-electron chi connectivity index (χ2n) is 5.14. The first kappa shape index (κ1) is 16.7. The highest BCUT2D eigenvalue weighted by Gasteiger charge is 2.09. The Morgan fingerprint density at radius 3 is 2.76 bits per heavy atom. The zero-order valence-electron chi connectivity index (χ0n) is 11.9. The minimum atomic E-state index is -0.0902. The molecule has 0 atom stereocenters. The van der Waals surface area contributed by atoms with E-state index in [-0.39, 0.29) is 5.56 Å². The van der Waals surface area contributed by atoms with Gasteiger partial charge in [0.2, 0.25) is 0 Å². The molecule has 2 aromatic heterocycles. The van der Waals surface area contributed by atoms with Crippen LogP contribution in [0.4, 0.5) is 5.69 Å².